The number of halogens is 2. The van der Waals surface area contributed by atoms with Crippen molar-refractivity contribution in [3.63, 3.8) is 0 Å². The number of Topliss-reactive ketones (excluding diaryl/α,β-unsaturated/α-hetero) is 1. The zero-order chi connectivity index (χ0) is 25.0. The molecule has 9 nitrogen and oxygen atoms in total. The molecule has 11 heteroatoms. The normalized spacial score (nSPS) is 19.1. The standard InChI is InChI=1S/C23H25Cl2N3O6/c1-12-23(22(30)27-26,21(28-34-12)19-14(24)6-5-7-15(19)25)18(29)9-8-13-10-16(31-2)20(33-4)17(11-13)32-3/h5-7,10-12H,8-9,26H2,1-4H3,(H,27,30). The zero-order valence-electron chi connectivity index (χ0n) is 19.1. The number of nitrogens with one attached hydrogen (secondary N) is 1. The van der Waals surface area contributed by atoms with Crippen LogP contribution in [-0.2, 0) is 20.8 Å². The number of methoxy groups -OCH3 is 3. The number of hydrazine groups is 1. The summed E-state index contributed by atoms with van der Waals surface area (Å²) in [5, 5.41) is 4.48. The lowest BCUT2D eigenvalue weighted by atomic mass is 9.70. The number of ketones is 1. The summed E-state index contributed by atoms with van der Waals surface area (Å²) >= 11 is 12.7. The molecule has 2 atom stereocenters. The van der Waals surface area contributed by atoms with Crippen LogP contribution in [0.2, 0.25) is 10.0 Å². The Morgan fingerprint density at radius 2 is 1.71 bits per heavy atom. The number of aryl methyl sites for hydroxylation is 1. The van der Waals surface area contributed by atoms with Crippen LogP contribution in [0.25, 0.3) is 0 Å². The molecule has 2 aromatic carbocycles. The topological polar surface area (TPSA) is 121 Å². The summed E-state index contributed by atoms with van der Waals surface area (Å²) in [5.41, 5.74) is 1.20. The maximum absolute atomic E-state index is 13.7. The van der Waals surface area contributed by atoms with Crippen molar-refractivity contribution >= 4 is 40.6 Å². The molecule has 3 rings (SSSR count). The van der Waals surface area contributed by atoms with Crippen LogP contribution in [0.15, 0.2) is 35.5 Å². The van der Waals surface area contributed by atoms with Crippen LogP contribution < -0.4 is 25.5 Å². The Hall–Kier alpha value is -3.01. The van der Waals surface area contributed by atoms with Gasteiger partial charge < -0.3 is 19.0 Å². The van der Waals surface area contributed by atoms with E-state index in [1.165, 1.54) is 21.3 Å². The summed E-state index contributed by atoms with van der Waals surface area (Å²) in [5.74, 6) is 5.57. The average Bonchev–Trinajstić information content (AvgIpc) is 3.18. The lowest BCUT2D eigenvalue weighted by Gasteiger charge is -2.29. The first-order chi connectivity index (χ1) is 16.3. The van der Waals surface area contributed by atoms with E-state index < -0.39 is 23.2 Å². The van der Waals surface area contributed by atoms with Crippen molar-refractivity contribution in [1.29, 1.82) is 0 Å². The van der Waals surface area contributed by atoms with E-state index in [-0.39, 0.29) is 34.2 Å². The van der Waals surface area contributed by atoms with Gasteiger partial charge in [-0.2, -0.15) is 0 Å². The second kappa shape index (κ2) is 10.5. The largest absolute Gasteiger partial charge is 0.493 e. The lowest BCUT2D eigenvalue weighted by molar-refractivity contribution is -0.143. The quantitative estimate of drug-likeness (QED) is 0.230. The predicted octanol–water partition coefficient (Wildman–Crippen LogP) is 3.32. The monoisotopic (exact) mass is 509 g/mol. The van der Waals surface area contributed by atoms with Crippen LogP contribution in [0.4, 0.5) is 0 Å². The molecule has 3 N–H and O–H groups in total. The van der Waals surface area contributed by atoms with Crippen molar-refractivity contribution < 1.29 is 28.6 Å². The number of ether oxygens (including phenoxy) is 3. The molecule has 0 radical (unpaired) electrons. The van der Waals surface area contributed by atoms with Gasteiger partial charge in [0.25, 0.3) is 5.91 Å². The van der Waals surface area contributed by atoms with Gasteiger partial charge in [0.1, 0.15) is 5.71 Å². The molecule has 0 aliphatic carbocycles. The molecule has 0 fully saturated rings. The number of nitrogens with zero attached hydrogens (tertiary/aromatic N) is 1. The minimum Gasteiger partial charge on any atom is -0.493 e. The Bertz CT molecular complexity index is 1090. The zero-order valence-corrected chi connectivity index (χ0v) is 20.6. The Balaban J connectivity index is 2.01. The molecule has 2 unspecified atom stereocenters. The smallest absolute Gasteiger partial charge is 0.257 e. The molecule has 34 heavy (non-hydrogen) atoms. The van der Waals surface area contributed by atoms with Gasteiger partial charge >= 0.3 is 0 Å². The number of oxime groups is 1. The molecule has 1 aliphatic heterocycles. The van der Waals surface area contributed by atoms with Gasteiger partial charge in [-0.25, -0.2) is 5.84 Å². The summed E-state index contributed by atoms with van der Waals surface area (Å²) in [6.45, 7) is 1.56. The van der Waals surface area contributed by atoms with Crippen molar-refractivity contribution in [1.82, 2.24) is 5.43 Å². The van der Waals surface area contributed by atoms with Gasteiger partial charge in [-0.15, -0.1) is 0 Å². The summed E-state index contributed by atoms with van der Waals surface area (Å²) in [6.07, 6.45) is -0.752. The van der Waals surface area contributed by atoms with Crippen LogP contribution in [0.1, 0.15) is 24.5 Å². The van der Waals surface area contributed by atoms with Crippen molar-refractivity contribution in [2.45, 2.75) is 25.9 Å². The third-order valence-electron chi connectivity index (χ3n) is 5.78. The van der Waals surface area contributed by atoms with Gasteiger partial charge in [0.2, 0.25) is 5.75 Å². The van der Waals surface area contributed by atoms with Crippen molar-refractivity contribution in [2.24, 2.45) is 16.4 Å². The van der Waals surface area contributed by atoms with E-state index >= 15 is 0 Å². The first-order valence-electron chi connectivity index (χ1n) is 10.3. The molecule has 0 saturated carbocycles. The highest BCUT2D eigenvalue weighted by atomic mass is 35.5. The van der Waals surface area contributed by atoms with E-state index in [9.17, 15) is 9.59 Å². The molecule has 2 aromatic rings. The molecular formula is C23H25Cl2N3O6. The van der Waals surface area contributed by atoms with Crippen molar-refractivity contribution in [3.05, 3.63) is 51.5 Å². The lowest BCUT2D eigenvalue weighted by Crippen LogP contribution is -2.57. The molecular weight excluding hydrogens is 485 g/mol. The maximum Gasteiger partial charge on any atom is 0.257 e. The highest BCUT2D eigenvalue weighted by Crippen LogP contribution is 2.43. The van der Waals surface area contributed by atoms with Crippen LogP contribution in [-0.4, -0.2) is 44.8 Å². The number of rotatable bonds is 9. The third-order valence-corrected chi connectivity index (χ3v) is 6.41. The maximum atomic E-state index is 13.7. The summed E-state index contributed by atoms with van der Waals surface area (Å²) in [4.78, 5) is 32.3. The van der Waals surface area contributed by atoms with Gasteiger partial charge in [0.05, 0.1) is 31.4 Å². The van der Waals surface area contributed by atoms with Gasteiger partial charge in [0.15, 0.2) is 28.8 Å². The summed E-state index contributed by atoms with van der Waals surface area (Å²) < 4.78 is 16.1. The van der Waals surface area contributed by atoms with Gasteiger partial charge in [-0.05, 0) is 43.2 Å². The van der Waals surface area contributed by atoms with Crippen molar-refractivity contribution in [3.8, 4) is 17.2 Å². The average molecular weight is 510 g/mol. The number of carbonyl (C=O) groups is 2. The van der Waals surface area contributed by atoms with E-state index in [0.717, 1.165) is 5.56 Å². The summed E-state index contributed by atoms with van der Waals surface area (Å²) in [6, 6.07) is 8.28. The Labute approximate surface area is 207 Å². The van der Waals surface area contributed by atoms with Gasteiger partial charge in [-0.1, -0.05) is 34.4 Å². The fourth-order valence-electron chi connectivity index (χ4n) is 4.07. The van der Waals surface area contributed by atoms with E-state index in [2.05, 4.69) is 10.6 Å². The second-order valence-corrected chi connectivity index (χ2v) is 8.34. The SMILES string of the molecule is COc1cc(CCC(=O)C2(C(=O)NN)C(c3c(Cl)cccc3Cl)=NOC2C)cc(OC)c1OC. The molecule has 0 aromatic heterocycles. The van der Waals surface area contributed by atoms with Crippen LogP contribution in [0.5, 0.6) is 17.2 Å². The molecule has 1 amide bonds. The first kappa shape index (κ1) is 25.6. The Morgan fingerprint density at radius 3 is 2.21 bits per heavy atom. The molecule has 182 valence electrons. The van der Waals surface area contributed by atoms with Crippen LogP contribution >= 0.6 is 23.2 Å². The van der Waals surface area contributed by atoms with E-state index in [4.69, 9.17) is 48.1 Å². The van der Waals surface area contributed by atoms with Gasteiger partial charge in [-0.3, -0.25) is 15.0 Å². The number of amides is 1. The molecule has 0 saturated heterocycles. The Morgan fingerprint density at radius 1 is 1.12 bits per heavy atom. The Kier molecular flexibility index (Phi) is 7.91. The first-order valence-corrected chi connectivity index (χ1v) is 11.0. The summed E-state index contributed by atoms with van der Waals surface area (Å²) in [7, 11) is 4.50. The number of carbonyl (C=O) groups excluding carboxylic acids is 2. The number of hydrogen-bond donors (Lipinski definition) is 2. The minimum atomic E-state index is -1.86. The van der Waals surface area contributed by atoms with E-state index in [1.807, 2.05) is 0 Å². The third kappa shape index (κ3) is 4.26. The molecule has 1 heterocycles. The number of benzene rings is 2. The highest BCUT2D eigenvalue weighted by Gasteiger charge is 2.60. The van der Waals surface area contributed by atoms with E-state index in [0.29, 0.717) is 17.2 Å². The second-order valence-electron chi connectivity index (χ2n) is 7.52. The molecule has 0 bridgehead atoms. The fourth-order valence-corrected chi connectivity index (χ4v) is 4.64. The fraction of sp³-hybridized carbons (Fsp3) is 0.348. The number of nitrogens with two attached hydrogens (primary N) is 1. The van der Waals surface area contributed by atoms with Gasteiger partial charge in [0, 0.05) is 12.0 Å². The van der Waals surface area contributed by atoms with Crippen LogP contribution in [0.3, 0.4) is 0 Å². The molecule has 0 spiro atoms. The number of hydrogen-bond acceptors (Lipinski definition) is 8. The molecule has 1 aliphatic rings. The minimum absolute atomic E-state index is 0.00782. The van der Waals surface area contributed by atoms with Crippen LogP contribution in [0, 0.1) is 5.41 Å². The van der Waals surface area contributed by atoms with E-state index in [1.54, 1.807) is 37.3 Å². The van der Waals surface area contributed by atoms with Crippen molar-refractivity contribution in [2.75, 3.05) is 21.3 Å². The predicted molar refractivity (Wildman–Crippen MR) is 128 cm³/mol. The highest BCUT2D eigenvalue weighted by molar-refractivity contribution is 6.43.